The molecule has 264 valence electrons. The summed E-state index contributed by atoms with van der Waals surface area (Å²) in [4.78, 5) is 15.8. The molecule has 0 unspecified atom stereocenters. The molecule has 0 radical (unpaired) electrons. The van der Waals surface area contributed by atoms with E-state index in [1.54, 1.807) is 0 Å². The maximum absolute atomic E-state index is 5.36. The van der Waals surface area contributed by atoms with Crippen molar-refractivity contribution in [3.8, 4) is 62.0 Å². The summed E-state index contributed by atoms with van der Waals surface area (Å²) in [5, 5.41) is 3.45. The van der Waals surface area contributed by atoms with Crippen LogP contribution in [0.5, 0.6) is 0 Å². The van der Waals surface area contributed by atoms with Gasteiger partial charge in [-0.3, -0.25) is 0 Å². The van der Waals surface area contributed by atoms with E-state index in [1.807, 2.05) is 6.07 Å². The molecule has 0 aliphatic heterocycles. The molecule has 0 saturated heterocycles. The Morgan fingerprint density at radius 2 is 1.04 bits per heavy atom. The van der Waals surface area contributed by atoms with Gasteiger partial charge in [0.05, 0.1) is 33.6 Å². The Hall–Kier alpha value is -7.17. The van der Waals surface area contributed by atoms with Crippen LogP contribution in [0.1, 0.15) is 25.0 Å². The molecular formula is C52H36N4. The number of fused-ring (bicyclic) bond motifs is 8. The quantitative estimate of drug-likeness (QED) is 0.178. The predicted molar refractivity (Wildman–Crippen MR) is 231 cm³/mol. The van der Waals surface area contributed by atoms with Gasteiger partial charge in [-0.05, 0) is 58.7 Å². The molecule has 0 spiro atoms. The number of benzene rings is 7. The third-order valence-corrected chi connectivity index (χ3v) is 11.6. The van der Waals surface area contributed by atoms with Crippen molar-refractivity contribution in [3.05, 3.63) is 193 Å². The highest BCUT2D eigenvalue weighted by atomic mass is 15.0. The first-order chi connectivity index (χ1) is 27.5. The Labute approximate surface area is 325 Å². The molecule has 3 aromatic heterocycles. The Balaban J connectivity index is 1.07. The molecule has 0 N–H and O–H groups in total. The van der Waals surface area contributed by atoms with Crippen molar-refractivity contribution in [3.63, 3.8) is 0 Å². The third-order valence-electron chi connectivity index (χ3n) is 11.6. The minimum Gasteiger partial charge on any atom is -0.308 e. The number of nitrogens with zero attached hydrogens (tertiary/aromatic N) is 4. The van der Waals surface area contributed by atoms with Crippen molar-refractivity contribution in [2.45, 2.75) is 19.3 Å². The van der Waals surface area contributed by atoms with Gasteiger partial charge in [-0.15, -0.1) is 0 Å². The van der Waals surface area contributed by atoms with E-state index in [4.69, 9.17) is 15.0 Å². The van der Waals surface area contributed by atoms with Gasteiger partial charge in [0.2, 0.25) is 0 Å². The van der Waals surface area contributed by atoms with Gasteiger partial charge in [-0.2, -0.15) is 0 Å². The van der Waals surface area contributed by atoms with Gasteiger partial charge >= 0.3 is 0 Å². The number of rotatable bonds is 5. The van der Waals surface area contributed by atoms with Crippen LogP contribution in [-0.2, 0) is 5.41 Å². The zero-order valence-electron chi connectivity index (χ0n) is 31.1. The highest BCUT2D eigenvalue weighted by Crippen LogP contribution is 2.49. The summed E-state index contributed by atoms with van der Waals surface area (Å²) in [6.07, 6.45) is 0. The molecule has 0 bridgehead atoms. The van der Waals surface area contributed by atoms with Crippen molar-refractivity contribution >= 4 is 32.7 Å². The molecule has 3 heterocycles. The van der Waals surface area contributed by atoms with Crippen LogP contribution in [0, 0.1) is 0 Å². The molecule has 0 amide bonds. The number of aromatic nitrogens is 4. The molecule has 4 heteroatoms. The van der Waals surface area contributed by atoms with Gasteiger partial charge in [0.25, 0.3) is 0 Å². The standard InChI is InChI=1S/C52H36N4/c1-52(2)42-22-12-9-19-38(42)39-30-29-36(31-43(39)52)51-54-45(33-15-5-3-6-16-33)32-46(55-51)34-25-27-35(28-26-34)49-48-41-21-11-14-24-47(41)56(37-17-7-4-8-18-37)50(48)40-20-10-13-23-44(40)53-49/h3-32H,1-2H3. The molecule has 56 heavy (non-hydrogen) atoms. The van der Waals surface area contributed by atoms with Crippen LogP contribution in [0.15, 0.2) is 182 Å². The van der Waals surface area contributed by atoms with E-state index < -0.39 is 0 Å². The Morgan fingerprint density at radius 3 is 1.82 bits per heavy atom. The van der Waals surface area contributed by atoms with Crippen LogP contribution in [0.25, 0.3) is 94.7 Å². The van der Waals surface area contributed by atoms with Gasteiger partial charge in [0.15, 0.2) is 5.82 Å². The fourth-order valence-corrected chi connectivity index (χ4v) is 8.86. The normalized spacial score (nSPS) is 13.0. The smallest absolute Gasteiger partial charge is 0.160 e. The number of hydrogen-bond donors (Lipinski definition) is 0. The Kier molecular flexibility index (Phi) is 7.17. The van der Waals surface area contributed by atoms with Crippen molar-refractivity contribution < 1.29 is 0 Å². The molecule has 0 fully saturated rings. The monoisotopic (exact) mass is 716 g/mol. The maximum atomic E-state index is 5.36. The van der Waals surface area contributed by atoms with Crippen LogP contribution >= 0.6 is 0 Å². The maximum Gasteiger partial charge on any atom is 0.160 e. The van der Waals surface area contributed by atoms with Crippen molar-refractivity contribution in [2.75, 3.05) is 0 Å². The van der Waals surface area contributed by atoms with Crippen LogP contribution in [0.4, 0.5) is 0 Å². The van der Waals surface area contributed by atoms with Crippen molar-refractivity contribution in [2.24, 2.45) is 0 Å². The molecular weight excluding hydrogens is 681 g/mol. The van der Waals surface area contributed by atoms with Crippen LogP contribution in [-0.4, -0.2) is 19.5 Å². The number of hydrogen-bond acceptors (Lipinski definition) is 3. The zero-order valence-corrected chi connectivity index (χ0v) is 31.1. The molecule has 10 aromatic rings. The molecule has 0 saturated carbocycles. The second-order valence-corrected chi connectivity index (χ2v) is 15.2. The number of para-hydroxylation sites is 3. The first-order valence-corrected chi connectivity index (χ1v) is 19.2. The first kappa shape index (κ1) is 32.3. The second kappa shape index (κ2) is 12.4. The largest absolute Gasteiger partial charge is 0.308 e. The summed E-state index contributed by atoms with van der Waals surface area (Å²) in [7, 11) is 0. The van der Waals surface area contributed by atoms with E-state index in [1.165, 1.54) is 27.6 Å². The molecule has 0 atom stereocenters. The van der Waals surface area contributed by atoms with Crippen molar-refractivity contribution in [1.82, 2.24) is 19.5 Å². The minimum absolute atomic E-state index is 0.118. The average Bonchev–Trinajstić information content (AvgIpc) is 3.73. The molecule has 1 aliphatic rings. The van der Waals surface area contributed by atoms with E-state index in [9.17, 15) is 0 Å². The lowest BCUT2D eigenvalue weighted by atomic mass is 9.82. The summed E-state index contributed by atoms with van der Waals surface area (Å²) < 4.78 is 2.39. The Morgan fingerprint density at radius 1 is 0.446 bits per heavy atom. The molecule has 1 aliphatic carbocycles. The lowest BCUT2D eigenvalue weighted by Gasteiger charge is -2.21. The molecule has 7 aromatic carbocycles. The third kappa shape index (κ3) is 4.96. The summed E-state index contributed by atoms with van der Waals surface area (Å²) in [5.74, 6) is 0.714. The van der Waals surface area contributed by atoms with E-state index in [2.05, 4.69) is 194 Å². The van der Waals surface area contributed by atoms with Gasteiger partial charge in [0, 0.05) is 49.5 Å². The predicted octanol–water partition coefficient (Wildman–Crippen LogP) is 13.1. The van der Waals surface area contributed by atoms with E-state index in [-0.39, 0.29) is 5.41 Å². The van der Waals surface area contributed by atoms with Gasteiger partial charge in [0.1, 0.15) is 0 Å². The SMILES string of the molecule is CC1(C)c2ccccc2-c2ccc(-c3nc(-c4ccccc4)cc(-c4ccc(-c5nc6ccccc6c6c5c5ccccc5n6-c5ccccc5)cc4)n3)cc21. The van der Waals surface area contributed by atoms with E-state index in [0.29, 0.717) is 5.82 Å². The molecule has 11 rings (SSSR count). The fraction of sp³-hybridized carbons (Fsp3) is 0.0577. The Bertz CT molecular complexity index is 3140. The second-order valence-electron chi connectivity index (χ2n) is 15.2. The minimum atomic E-state index is -0.118. The van der Waals surface area contributed by atoms with E-state index >= 15 is 0 Å². The van der Waals surface area contributed by atoms with Crippen LogP contribution in [0.3, 0.4) is 0 Å². The topological polar surface area (TPSA) is 43.6 Å². The summed E-state index contributed by atoms with van der Waals surface area (Å²) in [6.45, 7) is 4.63. The first-order valence-electron chi connectivity index (χ1n) is 19.2. The van der Waals surface area contributed by atoms with Gasteiger partial charge in [-0.25, -0.2) is 15.0 Å². The van der Waals surface area contributed by atoms with Crippen LogP contribution in [0.2, 0.25) is 0 Å². The lowest BCUT2D eigenvalue weighted by molar-refractivity contribution is 0.660. The van der Waals surface area contributed by atoms with Gasteiger partial charge in [-0.1, -0.05) is 159 Å². The van der Waals surface area contributed by atoms with Crippen molar-refractivity contribution in [1.29, 1.82) is 0 Å². The average molecular weight is 717 g/mol. The highest BCUT2D eigenvalue weighted by Gasteiger charge is 2.35. The zero-order chi connectivity index (χ0) is 37.4. The fourth-order valence-electron chi connectivity index (χ4n) is 8.86. The summed E-state index contributed by atoms with van der Waals surface area (Å²) >= 11 is 0. The molecule has 4 nitrogen and oxygen atoms in total. The summed E-state index contributed by atoms with van der Waals surface area (Å²) in [5.41, 5.74) is 16.4. The highest BCUT2D eigenvalue weighted by molar-refractivity contribution is 6.22. The lowest BCUT2D eigenvalue weighted by Crippen LogP contribution is -2.15. The van der Waals surface area contributed by atoms with E-state index in [0.717, 1.165) is 72.3 Å². The van der Waals surface area contributed by atoms with Crippen LogP contribution < -0.4 is 0 Å². The van der Waals surface area contributed by atoms with Gasteiger partial charge < -0.3 is 4.57 Å². The summed E-state index contributed by atoms with van der Waals surface area (Å²) in [6, 6.07) is 64.5. The number of pyridine rings is 1.